The molecule has 0 saturated heterocycles. The molecule has 0 saturated carbocycles. The fraction of sp³-hybridized carbons (Fsp3) is 0.208. The van der Waals surface area contributed by atoms with E-state index in [9.17, 15) is 22.3 Å². The molecular weight excluding hydrogens is 478 g/mol. The summed E-state index contributed by atoms with van der Waals surface area (Å²) in [5, 5.41) is 21.7. The van der Waals surface area contributed by atoms with Gasteiger partial charge in [0.15, 0.2) is 0 Å². The van der Waals surface area contributed by atoms with Crippen molar-refractivity contribution in [2.75, 3.05) is 24.4 Å². The molecule has 1 aromatic heterocycles. The lowest BCUT2D eigenvalue weighted by molar-refractivity contribution is 0.172. The van der Waals surface area contributed by atoms with Crippen LogP contribution in [0.15, 0.2) is 65.6 Å². The third-order valence-corrected chi connectivity index (χ3v) is 6.71. The van der Waals surface area contributed by atoms with E-state index in [1.54, 1.807) is 12.1 Å². The van der Waals surface area contributed by atoms with Crippen LogP contribution in [0.5, 0.6) is 5.75 Å². The summed E-state index contributed by atoms with van der Waals surface area (Å²) < 4.78 is 60.2. The van der Waals surface area contributed by atoms with Crippen molar-refractivity contribution in [2.24, 2.45) is 0 Å². The highest BCUT2D eigenvalue weighted by Gasteiger charge is 2.20. The molecule has 11 heteroatoms. The van der Waals surface area contributed by atoms with E-state index in [1.807, 2.05) is 25.1 Å². The van der Waals surface area contributed by atoms with Gasteiger partial charge in [-0.25, -0.2) is 17.2 Å². The third-order valence-electron chi connectivity index (χ3n) is 5.32. The molecule has 8 nitrogen and oxygen atoms in total. The maximum atomic E-state index is 13.9. The summed E-state index contributed by atoms with van der Waals surface area (Å²) in [5.74, 6) is -1.25. The average molecular weight is 503 g/mol. The van der Waals surface area contributed by atoms with E-state index in [1.165, 1.54) is 12.1 Å². The zero-order valence-corrected chi connectivity index (χ0v) is 19.6. The topological polar surface area (TPSA) is 116 Å². The molecule has 4 N–H and O–H groups in total. The van der Waals surface area contributed by atoms with Gasteiger partial charge in [-0.2, -0.15) is 5.10 Å². The molecule has 3 aromatic carbocycles. The van der Waals surface area contributed by atoms with Gasteiger partial charge in [0.05, 0.1) is 17.3 Å². The largest absolute Gasteiger partial charge is 0.492 e. The van der Waals surface area contributed by atoms with Crippen LogP contribution in [-0.2, 0) is 10.0 Å². The van der Waals surface area contributed by atoms with Gasteiger partial charge in [0, 0.05) is 30.2 Å². The van der Waals surface area contributed by atoms with Gasteiger partial charge in [-0.15, -0.1) is 0 Å². The molecule has 0 amide bonds. The fourth-order valence-corrected chi connectivity index (χ4v) is 4.67. The van der Waals surface area contributed by atoms with Gasteiger partial charge in [0.25, 0.3) is 10.0 Å². The lowest BCUT2D eigenvalue weighted by Gasteiger charge is -2.15. The molecule has 0 aliphatic rings. The number of H-pyrrole nitrogens is 1. The zero-order valence-electron chi connectivity index (χ0n) is 18.8. The third kappa shape index (κ3) is 5.94. The number of rotatable bonds is 10. The van der Waals surface area contributed by atoms with Crippen molar-refractivity contribution in [3.63, 3.8) is 0 Å². The highest BCUT2D eigenvalue weighted by atomic mass is 32.2. The Balaban J connectivity index is 1.29. The highest BCUT2D eigenvalue weighted by molar-refractivity contribution is 7.92. The number of aliphatic hydroxyl groups excluding tert-OH is 1. The van der Waals surface area contributed by atoms with Crippen LogP contribution in [0.4, 0.5) is 14.5 Å². The first-order valence-electron chi connectivity index (χ1n) is 10.8. The molecule has 4 rings (SSSR count). The number of nitrogens with one attached hydrogen (secondary N) is 3. The second kappa shape index (κ2) is 10.4. The Bertz CT molecular complexity index is 1440. The molecule has 0 radical (unpaired) electrons. The summed E-state index contributed by atoms with van der Waals surface area (Å²) in [6.45, 7) is 2.94. The molecule has 0 fully saturated rings. The number of aromatic amines is 1. The monoisotopic (exact) mass is 502 g/mol. The molecule has 4 aromatic rings. The maximum absolute atomic E-state index is 13.9. The lowest BCUT2D eigenvalue weighted by Crippen LogP contribution is -2.26. The highest BCUT2D eigenvalue weighted by Crippen LogP contribution is 2.23. The average Bonchev–Trinajstić information content (AvgIpc) is 3.20. The molecule has 1 unspecified atom stereocenters. The number of hydrogen-bond acceptors (Lipinski definition) is 6. The second-order valence-electron chi connectivity index (χ2n) is 7.89. The van der Waals surface area contributed by atoms with Crippen LogP contribution in [0, 0.1) is 18.6 Å². The number of halogens is 2. The van der Waals surface area contributed by atoms with Crippen LogP contribution in [0.1, 0.15) is 17.4 Å². The van der Waals surface area contributed by atoms with Gasteiger partial charge in [-0.3, -0.25) is 9.82 Å². The van der Waals surface area contributed by atoms with Gasteiger partial charge >= 0.3 is 0 Å². The summed E-state index contributed by atoms with van der Waals surface area (Å²) in [7, 11) is -4.36. The summed E-state index contributed by atoms with van der Waals surface area (Å²) in [5.41, 5.74) is 2.36. The number of hydrogen-bond donors (Lipinski definition) is 4. The number of nitrogens with zero attached hydrogens (tertiary/aromatic N) is 1. The summed E-state index contributed by atoms with van der Waals surface area (Å²) in [6.07, 6.45) is -0.935. The van der Waals surface area contributed by atoms with E-state index in [4.69, 9.17) is 4.74 Å². The van der Waals surface area contributed by atoms with Gasteiger partial charge in [-0.1, -0.05) is 12.1 Å². The van der Waals surface area contributed by atoms with Crippen molar-refractivity contribution in [3.05, 3.63) is 83.6 Å². The van der Waals surface area contributed by atoms with Crippen LogP contribution >= 0.6 is 0 Å². The minimum absolute atomic E-state index is 0.109. The Kier molecular flexibility index (Phi) is 7.29. The SMILES string of the molecule is Cc1n[nH]c2cc(OCCNCC(O)c3cccc(NS(=O)(=O)c4cc(F)ccc4F)c3)ccc12. The number of sulfonamides is 1. The maximum Gasteiger partial charge on any atom is 0.264 e. The lowest BCUT2D eigenvalue weighted by atomic mass is 10.1. The molecular formula is C24H24F2N4O4S. The molecule has 1 heterocycles. The molecule has 35 heavy (non-hydrogen) atoms. The molecule has 0 spiro atoms. The molecule has 1 atom stereocenters. The van der Waals surface area contributed by atoms with Gasteiger partial charge in [-0.05, 0) is 55.0 Å². The van der Waals surface area contributed by atoms with Gasteiger partial charge in [0.2, 0.25) is 0 Å². The number of fused-ring (bicyclic) bond motifs is 1. The van der Waals surface area contributed by atoms with E-state index >= 15 is 0 Å². The van der Waals surface area contributed by atoms with Crippen LogP contribution in [0.2, 0.25) is 0 Å². The van der Waals surface area contributed by atoms with E-state index in [2.05, 4.69) is 20.2 Å². The summed E-state index contributed by atoms with van der Waals surface area (Å²) in [6, 6.07) is 13.9. The number of benzene rings is 3. The molecule has 0 aliphatic heterocycles. The van der Waals surface area contributed by atoms with Crippen molar-refractivity contribution in [2.45, 2.75) is 17.9 Å². The Morgan fingerprint density at radius 2 is 1.94 bits per heavy atom. The van der Waals surface area contributed by atoms with Crippen molar-refractivity contribution in [3.8, 4) is 5.75 Å². The minimum Gasteiger partial charge on any atom is -0.492 e. The normalized spacial score (nSPS) is 12.6. The van der Waals surface area contributed by atoms with Crippen LogP contribution in [0.25, 0.3) is 10.9 Å². The van der Waals surface area contributed by atoms with E-state index in [0.717, 1.165) is 28.7 Å². The number of aryl methyl sites for hydroxylation is 1. The quantitative estimate of drug-likeness (QED) is 0.246. The fourth-order valence-electron chi connectivity index (χ4n) is 3.53. The van der Waals surface area contributed by atoms with Crippen molar-refractivity contribution >= 4 is 26.6 Å². The summed E-state index contributed by atoms with van der Waals surface area (Å²) in [4.78, 5) is -0.799. The zero-order chi connectivity index (χ0) is 25.0. The van der Waals surface area contributed by atoms with E-state index in [0.29, 0.717) is 30.5 Å². The van der Waals surface area contributed by atoms with Gasteiger partial charge < -0.3 is 15.2 Å². The smallest absolute Gasteiger partial charge is 0.264 e. The van der Waals surface area contributed by atoms with E-state index in [-0.39, 0.29) is 12.2 Å². The standard InChI is InChI=1S/C24H24F2N4O4S/c1-15-20-7-6-19(13-22(20)29-28-15)34-10-9-27-14-23(31)16-3-2-4-18(11-16)30-35(32,33)24-12-17(25)5-8-21(24)26/h2-8,11-13,23,27,30-31H,9-10,14H2,1H3,(H,28,29). The first-order valence-corrected chi connectivity index (χ1v) is 12.3. The predicted octanol–water partition coefficient (Wildman–Crippen LogP) is 3.65. The Labute approximate surface area is 201 Å². The van der Waals surface area contributed by atoms with Gasteiger partial charge in [0.1, 0.15) is 28.9 Å². The predicted molar refractivity (Wildman–Crippen MR) is 128 cm³/mol. The Morgan fingerprint density at radius 3 is 2.77 bits per heavy atom. The van der Waals surface area contributed by atoms with Crippen molar-refractivity contribution in [1.82, 2.24) is 15.5 Å². The number of anilines is 1. The van der Waals surface area contributed by atoms with Crippen LogP contribution in [0.3, 0.4) is 0 Å². The molecule has 0 bridgehead atoms. The second-order valence-corrected chi connectivity index (χ2v) is 9.54. The summed E-state index contributed by atoms with van der Waals surface area (Å²) >= 11 is 0. The van der Waals surface area contributed by atoms with Crippen LogP contribution < -0.4 is 14.8 Å². The number of aliphatic hydroxyl groups is 1. The molecule has 0 aliphatic carbocycles. The van der Waals surface area contributed by atoms with Crippen molar-refractivity contribution < 1.29 is 27.0 Å². The first kappa shape index (κ1) is 24.6. The van der Waals surface area contributed by atoms with E-state index < -0.39 is 32.7 Å². The van der Waals surface area contributed by atoms with Crippen molar-refractivity contribution in [1.29, 1.82) is 0 Å². The first-order chi connectivity index (χ1) is 16.7. The number of aromatic nitrogens is 2. The van der Waals surface area contributed by atoms with Crippen LogP contribution in [-0.4, -0.2) is 43.4 Å². The minimum atomic E-state index is -4.36. The number of ether oxygens (including phenoxy) is 1. The Hall–Kier alpha value is -3.54. The molecule has 184 valence electrons. The Morgan fingerprint density at radius 1 is 1.11 bits per heavy atom.